The summed E-state index contributed by atoms with van der Waals surface area (Å²) >= 11 is 0. The van der Waals surface area contributed by atoms with Crippen molar-refractivity contribution in [2.24, 2.45) is 0 Å². The molecule has 0 spiro atoms. The molecule has 1 unspecified atom stereocenters. The number of hydrogen-bond donors (Lipinski definition) is 2. The van der Waals surface area contributed by atoms with Crippen LogP contribution in [0, 0.1) is 0 Å². The summed E-state index contributed by atoms with van der Waals surface area (Å²) in [6.07, 6.45) is 1.49. The standard InChI is InChI=1S/C26H29N5O7/c1-2-37-26-18(14-21(33)38-26)29-23(34)19-8-5-13-30-20(32)10-9-17(25(36)31(19)30)28-24(35)22-16-7-4-3-6-15(16)11-12-27-22/h3-4,6-7,11-12,17-19,26H,2,5,8-10,13-14H2,1H3,(H,28,35)(H,29,34)/t17?,18-,19-,26+/m0/s1. The Morgan fingerprint density at radius 2 is 1.95 bits per heavy atom. The van der Waals surface area contributed by atoms with Gasteiger partial charge in [0.2, 0.25) is 18.1 Å². The maximum absolute atomic E-state index is 13.7. The Balaban J connectivity index is 1.36. The van der Waals surface area contributed by atoms with Crippen LogP contribution in [0.3, 0.4) is 0 Å². The largest absolute Gasteiger partial charge is 0.433 e. The summed E-state index contributed by atoms with van der Waals surface area (Å²) in [5, 5.41) is 9.45. The lowest BCUT2D eigenvalue weighted by Crippen LogP contribution is -2.64. The van der Waals surface area contributed by atoms with Gasteiger partial charge in [-0.15, -0.1) is 0 Å². The monoisotopic (exact) mass is 523 g/mol. The average molecular weight is 524 g/mol. The van der Waals surface area contributed by atoms with E-state index in [1.807, 2.05) is 12.1 Å². The van der Waals surface area contributed by atoms with Crippen LogP contribution >= 0.6 is 0 Å². The Kier molecular flexibility index (Phi) is 7.23. The molecule has 5 rings (SSSR count). The van der Waals surface area contributed by atoms with E-state index in [1.54, 1.807) is 25.1 Å². The van der Waals surface area contributed by atoms with E-state index in [-0.39, 0.29) is 44.0 Å². The second-order valence-corrected chi connectivity index (χ2v) is 9.44. The van der Waals surface area contributed by atoms with E-state index in [0.29, 0.717) is 18.2 Å². The van der Waals surface area contributed by atoms with Gasteiger partial charge in [0.1, 0.15) is 23.8 Å². The molecule has 3 aliphatic rings. The molecule has 12 heteroatoms. The van der Waals surface area contributed by atoms with E-state index >= 15 is 0 Å². The Hall–Kier alpha value is -4.06. The van der Waals surface area contributed by atoms with Gasteiger partial charge in [-0.3, -0.25) is 34.0 Å². The number of nitrogens with zero attached hydrogens (tertiary/aromatic N) is 3. The summed E-state index contributed by atoms with van der Waals surface area (Å²) in [4.78, 5) is 69.3. The molecule has 3 saturated heterocycles. The molecule has 0 bridgehead atoms. The molecule has 0 saturated carbocycles. The highest BCUT2D eigenvalue weighted by Gasteiger charge is 2.46. The lowest BCUT2D eigenvalue weighted by atomic mass is 10.0. The summed E-state index contributed by atoms with van der Waals surface area (Å²) in [5.74, 6) is -2.41. The molecule has 38 heavy (non-hydrogen) atoms. The molecule has 3 aliphatic heterocycles. The minimum absolute atomic E-state index is 0.0296. The fraction of sp³-hybridized carbons (Fsp3) is 0.462. The first-order valence-electron chi connectivity index (χ1n) is 12.8. The van der Waals surface area contributed by atoms with Crippen molar-refractivity contribution in [3.63, 3.8) is 0 Å². The van der Waals surface area contributed by atoms with E-state index in [2.05, 4.69) is 15.6 Å². The molecule has 0 radical (unpaired) electrons. The van der Waals surface area contributed by atoms with Crippen LogP contribution in [0.5, 0.6) is 0 Å². The number of hydrazine groups is 1. The topological polar surface area (TPSA) is 147 Å². The highest BCUT2D eigenvalue weighted by Crippen LogP contribution is 2.26. The van der Waals surface area contributed by atoms with Gasteiger partial charge >= 0.3 is 5.97 Å². The average Bonchev–Trinajstić information content (AvgIpc) is 3.21. The Morgan fingerprint density at radius 1 is 1.13 bits per heavy atom. The molecule has 4 heterocycles. The molecule has 0 aliphatic carbocycles. The van der Waals surface area contributed by atoms with Gasteiger partial charge in [0.15, 0.2) is 0 Å². The van der Waals surface area contributed by atoms with Gasteiger partial charge in [-0.2, -0.15) is 0 Å². The number of fused-ring (bicyclic) bond motifs is 2. The number of nitrogens with one attached hydrogen (secondary N) is 2. The SMILES string of the molecule is CCO[C@@H]1OC(=O)C[C@@H]1NC(=O)[C@@H]1CCCN2C(=O)CCC(NC(=O)c3nccc4ccccc34)C(=O)N12. The smallest absolute Gasteiger partial charge is 0.310 e. The molecule has 3 fully saturated rings. The van der Waals surface area contributed by atoms with Gasteiger partial charge in [-0.05, 0) is 37.6 Å². The van der Waals surface area contributed by atoms with E-state index < -0.39 is 48.1 Å². The van der Waals surface area contributed by atoms with Crippen molar-refractivity contribution in [2.75, 3.05) is 13.2 Å². The molecular weight excluding hydrogens is 494 g/mol. The van der Waals surface area contributed by atoms with Gasteiger partial charge in [0, 0.05) is 31.2 Å². The number of cyclic esters (lactones) is 1. The molecule has 4 atom stereocenters. The zero-order valence-corrected chi connectivity index (χ0v) is 20.9. The molecule has 12 nitrogen and oxygen atoms in total. The maximum atomic E-state index is 13.7. The predicted octanol–water partition coefficient (Wildman–Crippen LogP) is 0.656. The number of esters is 1. The maximum Gasteiger partial charge on any atom is 0.310 e. The lowest BCUT2D eigenvalue weighted by molar-refractivity contribution is -0.177. The molecule has 200 valence electrons. The van der Waals surface area contributed by atoms with Crippen LogP contribution in [0.15, 0.2) is 36.5 Å². The van der Waals surface area contributed by atoms with Crippen LogP contribution in [0.2, 0.25) is 0 Å². The van der Waals surface area contributed by atoms with Crippen molar-refractivity contribution in [2.45, 2.75) is 63.4 Å². The summed E-state index contributed by atoms with van der Waals surface area (Å²) in [6.45, 7) is 2.31. The third-order valence-electron chi connectivity index (χ3n) is 6.98. The zero-order chi connectivity index (χ0) is 26.8. The number of benzene rings is 1. The second kappa shape index (κ2) is 10.7. The van der Waals surface area contributed by atoms with Crippen LogP contribution in [-0.4, -0.2) is 82.2 Å². The normalized spacial score (nSPS) is 25.6. The van der Waals surface area contributed by atoms with Crippen molar-refractivity contribution in [1.82, 2.24) is 25.6 Å². The van der Waals surface area contributed by atoms with E-state index in [9.17, 15) is 24.0 Å². The first-order chi connectivity index (χ1) is 18.4. The summed E-state index contributed by atoms with van der Waals surface area (Å²) < 4.78 is 10.5. The number of carbonyl (C=O) groups is 5. The summed E-state index contributed by atoms with van der Waals surface area (Å²) in [6, 6.07) is 6.33. The van der Waals surface area contributed by atoms with E-state index in [1.165, 1.54) is 16.2 Å². The third kappa shape index (κ3) is 4.91. The highest BCUT2D eigenvalue weighted by molar-refractivity contribution is 6.06. The zero-order valence-electron chi connectivity index (χ0n) is 20.9. The molecule has 1 aromatic carbocycles. The highest BCUT2D eigenvalue weighted by atomic mass is 16.7. The van der Waals surface area contributed by atoms with Crippen molar-refractivity contribution in [3.8, 4) is 0 Å². The van der Waals surface area contributed by atoms with Crippen molar-refractivity contribution in [1.29, 1.82) is 0 Å². The summed E-state index contributed by atoms with van der Waals surface area (Å²) in [7, 11) is 0. The lowest BCUT2D eigenvalue weighted by Gasteiger charge is -2.43. The Bertz CT molecular complexity index is 1280. The van der Waals surface area contributed by atoms with Gasteiger partial charge in [0.05, 0.1) is 6.42 Å². The molecule has 1 aromatic heterocycles. The van der Waals surface area contributed by atoms with Crippen LogP contribution in [-0.2, 0) is 28.7 Å². The molecule has 2 N–H and O–H groups in total. The molecular formula is C26H29N5O7. The van der Waals surface area contributed by atoms with Gasteiger partial charge in [-0.1, -0.05) is 24.3 Å². The fourth-order valence-electron chi connectivity index (χ4n) is 5.18. The quantitative estimate of drug-likeness (QED) is 0.525. The summed E-state index contributed by atoms with van der Waals surface area (Å²) in [5.41, 5.74) is 0.170. The second-order valence-electron chi connectivity index (χ2n) is 9.44. The number of amides is 4. The fourth-order valence-corrected chi connectivity index (χ4v) is 5.18. The number of carbonyl (C=O) groups excluding carboxylic acids is 5. The molecule has 2 aromatic rings. The van der Waals surface area contributed by atoms with E-state index in [0.717, 1.165) is 5.39 Å². The van der Waals surface area contributed by atoms with Gasteiger partial charge in [-0.25, -0.2) is 5.01 Å². The van der Waals surface area contributed by atoms with E-state index in [4.69, 9.17) is 9.47 Å². The number of aromatic nitrogens is 1. The van der Waals surface area contributed by atoms with Crippen LogP contribution in [0.4, 0.5) is 0 Å². The number of pyridine rings is 1. The number of hydrogen-bond acceptors (Lipinski definition) is 8. The first kappa shape index (κ1) is 25.6. The first-order valence-corrected chi connectivity index (χ1v) is 12.8. The Morgan fingerprint density at radius 3 is 2.76 bits per heavy atom. The van der Waals surface area contributed by atoms with Crippen molar-refractivity contribution >= 4 is 40.4 Å². The van der Waals surface area contributed by atoms with Crippen molar-refractivity contribution in [3.05, 3.63) is 42.2 Å². The third-order valence-corrected chi connectivity index (χ3v) is 6.98. The van der Waals surface area contributed by atoms with Gasteiger partial charge in [0.25, 0.3) is 11.8 Å². The van der Waals surface area contributed by atoms with Crippen LogP contribution in [0.1, 0.15) is 49.5 Å². The van der Waals surface area contributed by atoms with Crippen LogP contribution < -0.4 is 10.6 Å². The van der Waals surface area contributed by atoms with Gasteiger partial charge < -0.3 is 20.1 Å². The minimum atomic E-state index is -1.03. The van der Waals surface area contributed by atoms with Crippen molar-refractivity contribution < 1.29 is 33.4 Å². The van der Waals surface area contributed by atoms with Crippen LogP contribution in [0.25, 0.3) is 10.8 Å². The molecule has 4 amide bonds. The minimum Gasteiger partial charge on any atom is -0.433 e. The Labute approximate surface area is 218 Å². The number of rotatable bonds is 6. The number of ether oxygens (including phenoxy) is 2. The predicted molar refractivity (Wildman–Crippen MR) is 132 cm³/mol.